The summed E-state index contributed by atoms with van der Waals surface area (Å²) in [5.74, 6) is -0.693. The minimum Gasteiger partial charge on any atom is -0.443 e. The van der Waals surface area contributed by atoms with Crippen LogP contribution in [0.15, 0.2) is 24.5 Å². The molecule has 0 aliphatic carbocycles. The van der Waals surface area contributed by atoms with Crippen LogP contribution in [0.3, 0.4) is 0 Å². The Hall–Kier alpha value is -2.68. The van der Waals surface area contributed by atoms with E-state index in [0.717, 1.165) is 0 Å². The number of aromatic nitrogens is 1. The third-order valence-electron chi connectivity index (χ3n) is 3.70. The van der Waals surface area contributed by atoms with Gasteiger partial charge in [0.25, 0.3) is 0 Å². The van der Waals surface area contributed by atoms with E-state index in [2.05, 4.69) is 10.3 Å². The zero-order valence-electron chi connectivity index (χ0n) is 15.9. The van der Waals surface area contributed by atoms with Crippen molar-refractivity contribution >= 4 is 23.8 Å². The number of pyridine rings is 1. The lowest BCUT2D eigenvalue weighted by atomic mass is 10.2. The number of ether oxygens (including phenoxy) is 2. The molecule has 9 nitrogen and oxygen atoms in total. The van der Waals surface area contributed by atoms with E-state index in [1.54, 1.807) is 45.3 Å². The molecule has 0 saturated carbocycles. The second kappa shape index (κ2) is 9.31. The van der Waals surface area contributed by atoms with Crippen molar-refractivity contribution < 1.29 is 23.9 Å². The summed E-state index contributed by atoms with van der Waals surface area (Å²) in [6, 6.07) is 3.28. The fourth-order valence-electron chi connectivity index (χ4n) is 2.43. The van der Waals surface area contributed by atoms with Crippen LogP contribution in [0.2, 0.25) is 0 Å². The average molecular weight is 378 g/mol. The molecule has 2 heterocycles. The van der Waals surface area contributed by atoms with Crippen molar-refractivity contribution in [2.24, 2.45) is 0 Å². The number of nitrogens with one attached hydrogen (secondary N) is 1. The first-order chi connectivity index (χ1) is 12.8. The second-order valence-electron chi connectivity index (χ2n) is 7.06. The first kappa shape index (κ1) is 20.6. The van der Waals surface area contributed by atoms with Gasteiger partial charge in [-0.25, -0.2) is 9.59 Å². The molecule has 1 fully saturated rings. The van der Waals surface area contributed by atoms with Crippen LogP contribution < -0.4 is 10.2 Å². The highest BCUT2D eigenvalue weighted by molar-refractivity contribution is 5.89. The molecule has 1 aromatic rings. The van der Waals surface area contributed by atoms with Gasteiger partial charge in [-0.15, -0.1) is 0 Å². The van der Waals surface area contributed by atoms with Crippen molar-refractivity contribution in [2.75, 3.05) is 37.6 Å². The summed E-state index contributed by atoms with van der Waals surface area (Å²) in [6.45, 7) is 7.62. The molecule has 9 heteroatoms. The average Bonchev–Trinajstić information content (AvgIpc) is 2.62. The highest BCUT2D eigenvalue weighted by atomic mass is 16.6. The van der Waals surface area contributed by atoms with Gasteiger partial charge >= 0.3 is 18.2 Å². The van der Waals surface area contributed by atoms with E-state index in [9.17, 15) is 14.4 Å². The lowest BCUT2D eigenvalue weighted by molar-refractivity contribution is -0.138. The molecule has 0 radical (unpaired) electrons. The van der Waals surface area contributed by atoms with Gasteiger partial charge in [0.05, 0.1) is 12.1 Å². The Balaban J connectivity index is 1.95. The summed E-state index contributed by atoms with van der Waals surface area (Å²) in [5.41, 5.74) is -0.137. The van der Waals surface area contributed by atoms with Gasteiger partial charge in [-0.1, -0.05) is 0 Å². The Morgan fingerprint density at radius 3 is 2.41 bits per heavy atom. The van der Waals surface area contributed by atoms with Crippen molar-refractivity contribution in [1.82, 2.24) is 15.2 Å². The summed E-state index contributed by atoms with van der Waals surface area (Å²) < 4.78 is 10.3. The summed E-state index contributed by atoms with van der Waals surface area (Å²) in [5, 5.41) is 3.11. The van der Waals surface area contributed by atoms with Gasteiger partial charge in [0.1, 0.15) is 5.60 Å². The molecular formula is C18H26N4O5. The Morgan fingerprint density at radius 2 is 1.81 bits per heavy atom. The fourth-order valence-corrected chi connectivity index (χ4v) is 2.43. The number of hydrogen-bond acceptors (Lipinski definition) is 7. The quantitative estimate of drug-likeness (QED) is 0.629. The molecule has 2 rings (SSSR count). The van der Waals surface area contributed by atoms with E-state index in [-0.39, 0.29) is 13.0 Å². The standard InChI is InChI=1S/C18H26N4O5/c1-18(2,3)27-17(25)22(14-4-7-19-8-5-14)11-6-15(23)26-16(24)21-12-9-20-10-13-21/h4-5,7-8,20H,6,9-13H2,1-3H3. The van der Waals surface area contributed by atoms with Crippen LogP contribution in [-0.4, -0.2) is 66.4 Å². The zero-order chi connectivity index (χ0) is 19.9. The largest absolute Gasteiger partial charge is 0.443 e. The van der Waals surface area contributed by atoms with Crippen molar-refractivity contribution in [3.8, 4) is 0 Å². The smallest absolute Gasteiger partial charge is 0.417 e. The normalized spacial score (nSPS) is 14.4. The number of rotatable bonds is 4. The number of anilines is 1. The zero-order valence-corrected chi connectivity index (χ0v) is 15.9. The number of carbonyl (C=O) groups excluding carboxylic acids is 3. The Bertz CT molecular complexity index is 653. The Kier molecular flexibility index (Phi) is 7.12. The maximum absolute atomic E-state index is 12.5. The van der Waals surface area contributed by atoms with Crippen LogP contribution in [0, 0.1) is 0 Å². The molecule has 1 aromatic heterocycles. The minimum absolute atomic E-state index is 0.0204. The predicted octanol–water partition coefficient (Wildman–Crippen LogP) is 1.78. The number of amides is 2. The first-order valence-corrected chi connectivity index (χ1v) is 8.87. The van der Waals surface area contributed by atoms with E-state index in [4.69, 9.17) is 9.47 Å². The monoisotopic (exact) mass is 378 g/mol. The summed E-state index contributed by atoms with van der Waals surface area (Å²) in [6.07, 6.45) is 1.70. The molecule has 0 unspecified atom stereocenters. The van der Waals surface area contributed by atoms with Crippen LogP contribution in [0.5, 0.6) is 0 Å². The highest BCUT2D eigenvalue weighted by Gasteiger charge is 2.25. The second-order valence-corrected chi connectivity index (χ2v) is 7.06. The number of esters is 1. The van der Waals surface area contributed by atoms with Crippen molar-refractivity contribution in [3.63, 3.8) is 0 Å². The number of piperazine rings is 1. The van der Waals surface area contributed by atoms with E-state index in [1.165, 1.54) is 9.80 Å². The molecule has 2 amide bonds. The van der Waals surface area contributed by atoms with Gasteiger partial charge in [0.15, 0.2) is 0 Å². The van der Waals surface area contributed by atoms with Gasteiger partial charge in [-0.05, 0) is 32.9 Å². The predicted molar refractivity (Wildman–Crippen MR) is 98.4 cm³/mol. The molecule has 0 spiro atoms. The molecule has 1 aliphatic heterocycles. The van der Waals surface area contributed by atoms with Gasteiger partial charge in [0, 0.05) is 45.1 Å². The summed E-state index contributed by atoms with van der Waals surface area (Å²) in [4.78, 5) is 43.3. The Labute approximate surface area is 158 Å². The van der Waals surface area contributed by atoms with Crippen molar-refractivity contribution in [1.29, 1.82) is 0 Å². The van der Waals surface area contributed by atoms with Crippen LogP contribution in [-0.2, 0) is 14.3 Å². The summed E-state index contributed by atoms with van der Waals surface area (Å²) >= 11 is 0. The number of carbonyl (C=O) groups is 3. The maximum atomic E-state index is 12.5. The van der Waals surface area contributed by atoms with E-state index in [1.807, 2.05) is 0 Å². The van der Waals surface area contributed by atoms with Crippen LogP contribution >= 0.6 is 0 Å². The van der Waals surface area contributed by atoms with Crippen LogP contribution in [0.4, 0.5) is 15.3 Å². The molecule has 1 saturated heterocycles. The molecular weight excluding hydrogens is 352 g/mol. The topological polar surface area (TPSA) is 101 Å². The maximum Gasteiger partial charge on any atom is 0.417 e. The number of nitrogens with zero attached hydrogens (tertiary/aromatic N) is 3. The lowest BCUT2D eigenvalue weighted by Gasteiger charge is -2.27. The molecule has 0 aromatic carbocycles. The fraction of sp³-hybridized carbons (Fsp3) is 0.556. The SMILES string of the molecule is CC(C)(C)OC(=O)N(CCC(=O)OC(=O)N1CCNCC1)c1ccncc1. The molecule has 0 atom stereocenters. The number of hydrogen-bond donors (Lipinski definition) is 1. The molecule has 0 bridgehead atoms. The molecule has 27 heavy (non-hydrogen) atoms. The third-order valence-corrected chi connectivity index (χ3v) is 3.70. The van der Waals surface area contributed by atoms with E-state index >= 15 is 0 Å². The van der Waals surface area contributed by atoms with E-state index in [0.29, 0.717) is 31.9 Å². The Morgan fingerprint density at radius 1 is 1.19 bits per heavy atom. The van der Waals surface area contributed by atoms with Gasteiger partial charge in [0.2, 0.25) is 0 Å². The van der Waals surface area contributed by atoms with Gasteiger partial charge in [-0.2, -0.15) is 0 Å². The highest BCUT2D eigenvalue weighted by Crippen LogP contribution is 2.18. The molecule has 1 N–H and O–H groups in total. The lowest BCUT2D eigenvalue weighted by Crippen LogP contribution is -2.47. The molecule has 148 valence electrons. The molecule has 1 aliphatic rings. The third kappa shape index (κ3) is 6.86. The summed E-state index contributed by atoms with van der Waals surface area (Å²) in [7, 11) is 0. The van der Waals surface area contributed by atoms with Gasteiger partial charge in [-0.3, -0.25) is 14.7 Å². The van der Waals surface area contributed by atoms with Crippen molar-refractivity contribution in [3.05, 3.63) is 24.5 Å². The van der Waals surface area contributed by atoms with Crippen LogP contribution in [0.25, 0.3) is 0 Å². The van der Waals surface area contributed by atoms with E-state index < -0.39 is 23.8 Å². The van der Waals surface area contributed by atoms with Crippen molar-refractivity contribution in [2.45, 2.75) is 32.8 Å². The first-order valence-electron chi connectivity index (χ1n) is 8.87. The van der Waals surface area contributed by atoms with Gasteiger partial charge < -0.3 is 19.7 Å². The van der Waals surface area contributed by atoms with Crippen LogP contribution in [0.1, 0.15) is 27.2 Å². The minimum atomic E-state index is -0.693.